The van der Waals surface area contributed by atoms with Crippen LogP contribution in [-0.4, -0.2) is 39.4 Å². The van der Waals surface area contributed by atoms with Crippen LogP contribution in [0, 0.1) is 5.92 Å². The topological polar surface area (TPSA) is 58.9 Å². The average Bonchev–Trinajstić information content (AvgIpc) is 3.00. The Kier molecular flexibility index (Phi) is 4.68. The molecule has 6 heteroatoms. The van der Waals surface area contributed by atoms with E-state index in [0.29, 0.717) is 12.0 Å². The van der Waals surface area contributed by atoms with Crippen molar-refractivity contribution in [3.63, 3.8) is 0 Å². The number of hydrogen-bond donors (Lipinski definition) is 1. The summed E-state index contributed by atoms with van der Waals surface area (Å²) >= 11 is 0. The lowest BCUT2D eigenvalue weighted by Gasteiger charge is -2.33. The first kappa shape index (κ1) is 15.0. The van der Waals surface area contributed by atoms with E-state index in [9.17, 15) is 0 Å². The van der Waals surface area contributed by atoms with E-state index in [-0.39, 0.29) is 0 Å². The summed E-state index contributed by atoms with van der Waals surface area (Å²) < 4.78 is 1.85. The smallest absolute Gasteiger partial charge is 0.225 e. The van der Waals surface area contributed by atoms with Crippen molar-refractivity contribution in [1.29, 1.82) is 0 Å². The summed E-state index contributed by atoms with van der Waals surface area (Å²) in [5.41, 5.74) is 1.24. The lowest BCUT2D eigenvalue weighted by Crippen LogP contribution is -2.40. The molecule has 118 valence electrons. The Morgan fingerprint density at radius 2 is 2.18 bits per heavy atom. The van der Waals surface area contributed by atoms with Crippen LogP contribution in [-0.2, 0) is 7.05 Å². The third-order valence-electron chi connectivity index (χ3n) is 4.29. The number of anilines is 1. The SMILES string of the molecule is C[C@@H](NC[C@H]1CCCN(c2ncccn2)C1)c1cnn(C)c1. The van der Waals surface area contributed by atoms with Gasteiger partial charge in [0.2, 0.25) is 5.95 Å². The van der Waals surface area contributed by atoms with Crippen molar-refractivity contribution in [2.24, 2.45) is 13.0 Å². The van der Waals surface area contributed by atoms with Gasteiger partial charge in [0.15, 0.2) is 0 Å². The van der Waals surface area contributed by atoms with Crippen LogP contribution in [0.2, 0.25) is 0 Å². The fourth-order valence-corrected chi connectivity index (χ4v) is 2.99. The highest BCUT2D eigenvalue weighted by Crippen LogP contribution is 2.20. The molecule has 6 nitrogen and oxygen atoms in total. The molecule has 3 rings (SSSR count). The zero-order valence-corrected chi connectivity index (χ0v) is 13.3. The first-order chi connectivity index (χ1) is 10.7. The van der Waals surface area contributed by atoms with E-state index < -0.39 is 0 Å². The summed E-state index contributed by atoms with van der Waals surface area (Å²) in [4.78, 5) is 11.0. The van der Waals surface area contributed by atoms with Crippen molar-refractivity contribution in [2.75, 3.05) is 24.5 Å². The van der Waals surface area contributed by atoms with Gasteiger partial charge in [-0.05, 0) is 31.7 Å². The maximum absolute atomic E-state index is 4.37. The molecule has 22 heavy (non-hydrogen) atoms. The van der Waals surface area contributed by atoms with Gasteiger partial charge in [0.25, 0.3) is 0 Å². The summed E-state index contributed by atoms with van der Waals surface area (Å²) in [5.74, 6) is 1.49. The first-order valence-electron chi connectivity index (χ1n) is 7.96. The summed E-state index contributed by atoms with van der Waals surface area (Å²) in [6.45, 7) is 5.28. The second-order valence-corrected chi connectivity index (χ2v) is 6.08. The Hall–Kier alpha value is -1.95. The fourth-order valence-electron chi connectivity index (χ4n) is 2.99. The molecule has 1 saturated heterocycles. The Balaban J connectivity index is 1.52. The number of piperidine rings is 1. The van der Waals surface area contributed by atoms with Crippen molar-refractivity contribution in [2.45, 2.75) is 25.8 Å². The Morgan fingerprint density at radius 3 is 2.91 bits per heavy atom. The van der Waals surface area contributed by atoms with E-state index in [1.54, 1.807) is 0 Å². The van der Waals surface area contributed by atoms with Crippen LogP contribution in [0.3, 0.4) is 0 Å². The molecule has 2 atom stereocenters. The van der Waals surface area contributed by atoms with E-state index in [1.807, 2.05) is 36.4 Å². The number of aryl methyl sites for hydroxylation is 1. The predicted molar refractivity (Wildman–Crippen MR) is 86.6 cm³/mol. The molecule has 0 radical (unpaired) electrons. The molecule has 1 aliphatic heterocycles. The maximum atomic E-state index is 4.37. The van der Waals surface area contributed by atoms with E-state index >= 15 is 0 Å². The molecule has 1 N–H and O–H groups in total. The summed E-state index contributed by atoms with van der Waals surface area (Å²) in [6, 6.07) is 2.19. The first-order valence-corrected chi connectivity index (χ1v) is 7.96. The van der Waals surface area contributed by atoms with Gasteiger partial charge in [-0.2, -0.15) is 5.10 Å². The van der Waals surface area contributed by atoms with Crippen LogP contribution in [0.4, 0.5) is 5.95 Å². The van der Waals surface area contributed by atoms with Crippen LogP contribution in [0.25, 0.3) is 0 Å². The molecule has 0 aromatic carbocycles. The second kappa shape index (κ2) is 6.87. The number of aromatic nitrogens is 4. The second-order valence-electron chi connectivity index (χ2n) is 6.08. The van der Waals surface area contributed by atoms with E-state index in [0.717, 1.165) is 25.6 Å². The monoisotopic (exact) mass is 300 g/mol. The van der Waals surface area contributed by atoms with Crippen molar-refractivity contribution in [1.82, 2.24) is 25.1 Å². The van der Waals surface area contributed by atoms with E-state index in [2.05, 4.69) is 38.4 Å². The van der Waals surface area contributed by atoms with Gasteiger partial charge in [-0.3, -0.25) is 4.68 Å². The number of nitrogens with zero attached hydrogens (tertiary/aromatic N) is 5. The molecule has 0 spiro atoms. The quantitative estimate of drug-likeness (QED) is 0.912. The van der Waals surface area contributed by atoms with Crippen molar-refractivity contribution >= 4 is 5.95 Å². The lowest BCUT2D eigenvalue weighted by atomic mass is 9.97. The number of hydrogen-bond acceptors (Lipinski definition) is 5. The van der Waals surface area contributed by atoms with Gasteiger partial charge < -0.3 is 10.2 Å². The molecule has 2 aromatic rings. The Bertz CT molecular complexity index is 581. The minimum atomic E-state index is 0.331. The van der Waals surface area contributed by atoms with Gasteiger partial charge in [0.1, 0.15) is 0 Å². The Morgan fingerprint density at radius 1 is 1.36 bits per heavy atom. The van der Waals surface area contributed by atoms with Gasteiger partial charge in [-0.1, -0.05) is 0 Å². The van der Waals surface area contributed by atoms with Gasteiger partial charge in [-0.15, -0.1) is 0 Å². The number of nitrogens with one attached hydrogen (secondary N) is 1. The van der Waals surface area contributed by atoms with Gasteiger partial charge in [0, 0.05) is 56.9 Å². The fraction of sp³-hybridized carbons (Fsp3) is 0.562. The molecule has 2 aromatic heterocycles. The molecule has 0 saturated carbocycles. The highest BCUT2D eigenvalue weighted by atomic mass is 15.3. The normalized spacial score (nSPS) is 20.1. The maximum Gasteiger partial charge on any atom is 0.225 e. The van der Waals surface area contributed by atoms with Crippen LogP contribution in [0.15, 0.2) is 30.9 Å². The molecule has 3 heterocycles. The molecule has 0 amide bonds. The highest BCUT2D eigenvalue weighted by Gasteiger charge is 2.22. The molecule has 1 aliphatic rings. The molecular formula is C16H24N6. The molecular weight excluding hydrogens is 276 g/mol. The summed E-state index contributed by atoms with van der Waals surface area (Å²) in [5, 5.41) is 7.87. The van der Waals surface area contributed by atoms with Crippen LogP contribution < -0.4 is 10.2 Å². The highest BCUT2D eigenvalue weighted by molar-refractivity contribution is 5.29. The standard InChI is InChI=1S/C16H24N6/c1-13(15-10-20-21(2)12-15)19-9-14-5-3-8-22(11-14)16-17-6-4-7-18-16/h4,6-7,10,12-14,19H,3,5,8-9,11H2,1-2H3/t13-,14-/m1/s1. The summed E-state index contributed by atoms with van der Waals surface area (Å²) in [6.07, 6.45) is 10.1. The third kappa shape index (κ3) is 3.62. The third-order valence-corrected chi connectivity index (χ3v) is 4.29. The van der Waals surface area contributed by atoms with Gasteiger partial charge in [0.05, 0.1) is 6.20 Å². The number of rotatable bonds is 5. The summed E-state index contributed by atoms with van der Waals surface area (Å²) in [7, 11) is 1.95. The van der Waals surface area contributed by atoms with E-state index in [1.165, 1.54) is 18.4 Å². The Labute approximate surface area is 131 Å². The molecule has 0 unspecified atom stereocenters. The minimum absolute atomic E-state index is 0.331. The van der Waals surface area contributed by atoms with Crippen LogP contribution in [0.5, 0.6) is 0 Å². The average molecular weight is 300 g/mol. The zero-order chi connectivity index (χ0) is 15.4. The predicted octanol–water partition coefficient (Wildman–Crippen LogP) is 1.78. The van der Waals surface area contributed by atoms with Crippen molar-refractivity contribution in [3.05, 3.63) is 36.4 Å². The van der Waals surface area contributed by atoms with Crippen molar-refractivity contribution < 1.29 is 0 Å². The van der Waals surface area contributed by atoms with E-state index in [4.69, 9.17) is 0 Å². The van der Waals surface area contributed by atoms with Gasteiger partial charge >= 0.3 is 0 Å². The molecule has 1 fully saturated rings. The lowest BCUT2D eigenvalue weighted by molar-refractivity contribution is 0.373. The molecule has 0 aliphatic carbocycles. The zero-order valence-electron chi connectivity index (χ0n) is 13.3. The minimum Gasteiger partial charge on any atom is -0.341 e. The van der Waals surface area contributed by atoms with Crippen LogP contribution >= 0.6 is 0 Å². The molecule has 0 bridgehead atoms. The largest absolute Gasteiger partial charge is 0.341 e. The van der Waals surface area contributed by atoms with Crippen LogP contribution in [0.1, 0.15) is 31.4 Å². The van der Waals surface area contributed by atoms with Crippen molar-refractivity contribution in [3.8, 4) is 0 Å². The van der Waals surface area contributed by atoms with Gasteiger partial charge in [-0.25, -0.2) is 9.97 Å².